The summed E-state index contributed by atoms with van der Waals surface area (Å²) in [6, 6.07) is 0.459. The van der Waals surface area contributed by atoms with Crippen molar-refractivity contribution in [2.45, 2.75) is 59.7 Å². The van der Waals surface area contributed by atoms with Crippen LogP contribution in [0.2, 0.25) is 5.02 Å². The quantitative estimate of drug-likeness (QED) is 0.195. The highest BCUT2D eigenvalue weighted by Gasteiger charge is 2.98. The molecule has 0 radical (unpaired) electrons. The Balaban J connectivity index is 3.79. The van der Waals surface area contributed by atoms with Crippen LogP contribution in [-0.4, -0.2) is 59.7 Å². The molecule has 240 valence electrons. The molecule has 0 aliphatic rings. The molecule has 0 aromatic heterocycles. The van der Waals surface area contributed by atoms with Gasteiger partial charge in [0.15, 0.2) is 0 Å². The van der Waals surface area contributed by atoms with Gasteiger partial charge in [0, 0.05) is 11.8 Å². The van der Waals surface area contributed by atoms with Crippen LogP contribution in [0.4, 0.5) is 104 Å². The van der Waals surface area contributed by atoms with Crippen molar-refractivity contribution in [3.63, 3.8) is 0 Å². The van der Waals surface area contributed by atoms with E-state index >= 15 is 0 Å². The third-order valence-electron chi connectivity index (χ3n) is 4.81. The number of hydrogen-bond acceptors (Lipinski definition) is 3. The lowest BCUT2D eigenvalue weighted by Crippen LogP contribution is -2.77. The second-order valence-corrected chi connectivity index (χ2v) is 8.01. The molecule has 0 heterocycles. The first-order chi connectivity index (χ1) is 17.5. The number of halogens is 22. The lowest BCUT2D eigenvalue weighted by molar-refractivity contribution is -0.480. The van der Waals surface area contributed by atoms with Crippen LogP contribution in [0.1, 0.15) is 0 Å². The van der Waals surface area contributed by atoms with Crippen LogP contribution in [-0.2, 0) is 0 Å². The summed E-state index contributed by atoms with van der Waals surface area (Å²) < 4.78 is 283. The van der Waals surface area contributed by atoms with Gasteiger partial charge in [-0.2, -0.15) is 92.2 Å². The van der Waals surface area contributed by atoms with Gasteiger partial charge in [0.2, 0.25) is 0 Å². The van der Waals surface area contributed by atoms with Gasteiger partial charge in [-0.3, -0.25) is 0 Å². The van der Waals surface area contributed by atoms with Gasteiger partial charge in [0.25, 0.3) is 0 Å². The maximum atomic E-state index is 13.9. The number of benzene rings is 1. The molecule has 25 heteroatoms. The summed E-state index contributed by atoms with van der Waals surface area (Å²) in [6.45, 7) is 0. The lowest BCUT2D eigenvalue weighted by atomic mass is 9.87. The average Bonchev–Trinajstić information content (AvgIpc) is 2.74. The molecule has 41 heavy (non-hydrogen) atoms. The Morgan fingerprint density at radius 3 is 1.07 bits per heavy atom. The number of rotatable bonds is 10. The van der Waals surface area contributed by atoms with Crippen LogP contribution in [0.25, 0.3) is 0 Å². The van der Waals surface area contributed by atoms with Gasteiger partial charge in [-0.05, 0) is 6.07 Å². The molecular weight excluding hydrogens is 671 g/mol. The first kappa shape index (κ1) is 36.5. The number of alkyl halides is 21. The summed E-state index contributed by atoms with van der Waals surface area (Å²) in [4.78, 5) is 0. The molecule has 1 rings (SSSR count). The Morgan fingerprint density at radius 1 is 0.463 bits per heavy atom. The molecule has 1 aromatic rings. The highest BCUT2D eigenvalue weighted by atomic mass is 35.5. The van der Waals surface area contributed by atoms with Gasteiger partial charge in [-0.15, -0.1) is 0 Å². The molecule has 4 N–H and O–H groups in total. The molecule has 0 aliphatic heterocycles. The molecule has 0 aliphatic carbocycles. The topological polar surface area (TPSA) is 61.3 Å². The zero-order chi connectivity index (χ0) is 33.4. The Hall–Kier alpha value is -2.56. The van der Waals surface area contributed by atoms with Crippen LogP contribution in [0, 0.1) is 0 Å². The summed E-state index contributed by atoms with van der Waals surface area (Å²) in [6.07, 6.45) is -15.4. The zero-order valence-corrected chi connectivity index (χ0v) is 18.8. The molecule has 0 bridgehead atoms. The molecule has 0 saturated heterocycles. The van der Waals surface area contributed by atoms with Crippen molar-refractivity contribution in [1.29, 1.82) is 0 Å². The molecule has 0 spiro atoms. The van der Waals surface area contributed by atoms with Crippen molar-refractivity contribution < 1.29 is 96.9 Å². The van der Waals surface area contributed by atoms with E-state index in [0.29, 0.717) is 6.07 Å². The minimum absolute atomic E-state index is 0.0782. The molecule has 0 amide bonds. The normalized spacial score (nSPS) is 15.8. The highest BCUT2D eigenvalue weighted by molar-refractivity contribution is 6.34. The van der Waals surface area contributed by atoms with Crippen molar-refractivity contribution in [2.75, 3.05) is 11.5 Å². The van der Waals surface area contributed by atoms with Gasteiger partial charge in [0.1, 0.15) is 10.8 Å². The van der Waals surface area contributed by atoms with E-state index in [4.69, 9.17) is 23.1 Å². The number of ether oxygens (including phenoxy) is 1. The van der Waals surface area contributed by atoms with Crippen LogP contribution in [0.15, 0.2) is 12.1 Å². The maximum Gasteiger partial charge on any atom is 0.471 e. The predicted molar refractivity (Wildman–Crippen MR) is 91.5 cm³/mol. The molecule has 0 unspecified atom stereocenters. The summed E-state index contributed by atoms with van der Waals surface area (Å²) in [5, 5.41) is -1.45. The number of hydrogen-bond donors (Lipinski definition) is 2. The standard InChI is InChI=1S/C16H6ClF21N2O/c17-6-4(40)1-3(39)2-5(6)41-16(37,38)14(32,33)12(28,29)10(24,25)8(20,21)7(18,19)9(22,23)11(26,27)13(30,31)15(34,35)36/h1-2H,39-40H2. The number of nitrogens with two attached hydrogens (primary N) is 2. The Kier molecular flexibility index (Phi) is 8.43. The second kappa shape index (κ2) is 9.47. The van der Waals surface area contributed by atoms with Crippen molar-refractivity contribution >= 4 is 23.0 Å². The number of nitrogen functional groups attached to an aromatic ring is 2. The van der Waals surface area contributed by atoms with E-state index in [1.165, 1.54) is 0 Å². The maximum absolute atomic E-state index is 13.9. The second-order valence-electron chi connectivity index (χ2n) is 7.63. The fourth-order valence-electron chi connectivity index (χ4n) is 2.46. The lowest BCUT2D eigenvalue weighted by Gasteiger charge is -2.44. The smallest absolute Gasteiger partial charge is 0.426 e. The van der Waals surface area contributed by atoms with Gasteiger partial charge in [0.05, 0.1) is 5.69 Å². The Morgan fingerprint density at radius 2 is 0.756 bits per heavy atom. The van der Waals surface area contributed by atoms with E-state index in [2.05, 4.69) is 4.74 Å². The van der Waals surface area contributed by atoms with Gasteiger partial charge >= 0.3 is 59.7 Å². The van der Waals surface area contributed by atoms with E-state index < -0.39 is 81.8 Å². The number of anilines is 2. The van der Waals surface area contributed by atoms with Crippen molar-refractivity contribution in [1.82, 2.24) is 0 Å². The van der Waals surface area contributed by atoms with Gasteiger partial charge < -0.3 is 16.2 Å². The largest absolute Gasteiger partial charge is 0.471 e. The predicted octanol–water partition coefficient (Wildman–Crippen LogP) is 8.12. The minimum Gasteiger partial charge on any atom is -0.426 e. The van der Waals surface area contributed by atoms with E-state index in [1.807, 2.05) is 0 Å². The van der Waals surface area contributed by atoms with E-state index in [0.717, 1.165) is 0 Å². The monoisotopic (exact) mass is 676 g/mol. The van der Waals surface area contributed by atoms with E-state index in [-0.39, 0.29) is 6.07 Å². The molecule has 1 aromatic carbocycles. The van der Waals surface area contributed by atoms with Crippen LogP contribution in [0.3, 0.4) is 0 Å². The third kappa shape index (κ3) is 4.76. The van der Waals surface area contributed by atoms with Crippen molar-refractivity contribution in [3.05, 3.63) is 17.2 Å². The summed E-state index contributed by atoms with van der Waals surface area (Å²) in [7, 11) is 0. The van der Waals surface area contributed by atoms with Crippen LogP contribution in [0.5, 0.6) is 5.75 Å². The highest BCUT2D eigenvalue weighted by Crippen LogP contribution is 2.66. The van der Waals surface area contributed by atoms with Crippen LogP contribution >= 0.6 is 11.6 Å². The minimum atomic E-state index is -9.26. The van der Waals surface area contributed by atoms with Crippen molar-refractivity contribution in [2.24, 2.45) is 0 Å². The zero-order valence-electron chi connectivity index (χ0n) is 18.0. The summed E-state index contributed by atoms with van der Waals surface area (Å²) in [5.74, 6) is -73.3. The van der Waals surface area contributed by atoms with Gasteiger partial charge in [-0.1, -0.05) is 11.6 Å². The van der Waals surface area contributed by atoms with Crippen LogP contribution < -0.4 is 16.2 Å². The first-order valence-corrected chi connectivity index (χ1v) is 9.43. The summed E-state index contributed by atoms with van der Waals surface area (Å²) >= 11 is 5.19. The average molecular weight is 677 g/mol. The first-order valence-electron chi connectivity index (χ1n) is 9.05. The Bertz CT molecular complexity index is 1150. The van der Waals surface area contributed by atoms with E-state index in [1.54, 1.807) is 0 Å². The fraction of sp³-hybridized carbons (Fsp3) is 0.625. The van der Waals surface area contributed by atoms with Gasteiger partial charge in [-0.25, -0.2) is 0 Å². The van der Waals surface area contributed by atoms with Crippen molar-refractivity contribution in [3.8, 4) is 5.75 Å². The third-order valence-corrected chi connectivity index (χ3v) is 5.21. The summed E-state index contributed by atoms with van der Waals surface area (Å²) in [5.41, 5.74) is 8.12. The Labute approximate surface area is 215 Å². The molecule has 3 nitrogen and oxygen atoms in total. The fourth-order valence-corrected chi connectivity index (χ4v) is 2.61. The molecule has 0 fully saturated rings. The van der Waals surface area contributed by atoms with E-state index in [9.17, 15) is 92.2 Å². The molecular formula is C16H6ClF21N2O. The molecule has 0 atom stereocenters. The SMILES string of the molecule is Nc1cc(N)c(Cl)c(OC(F)(F)C(F)(F)C(F)(F)C(F)(F)C(F)(F)C(F)(F)C(F)(F)C(F)(F)C(F)(F)C(F)(F)F)c1. The molecule has 0 saturated carbocycles.